The topological polar surface area (TPSA) is 78.7 Å². The fourth-order valence-corrected chi connectivity index (χ4v) is 3.37. The molecule has 0 spiro atoms. The third-order valence-corrected chi connectivity index (χ3v) is 5.01. The molecule has 1 amide bonds. The van der Waals surface area contributed by atoms with Crippen LogP contribution >= 0.6 is 11.8 Å². The van der Waals surface area contributed by atoms with Crippen molar-refractivity contribution in [2.24, 2.45) is 4.99 Å². The third kappa shape index (κ3) is 6.64. The molecule has 1 aromatic carbocycles. The summed E-state index contributed by atoms with van der Waals surface area (Å²) < 4.78 is 5.19. The molecule has 2 aromatic rings. The lowest BCUT2D eigenvalue weighted by molar-refractivity contribution is 0.0925. The number of thioether (sulfide) groups is 1. The van der Waals surface area contributed by atoms with E-state index in [-0.39, 0.29) is 5.91 Å². The number of carbonyl (C=O) groups is 1. The van der Waals surface area contributed by atoms with E-state index in [1.54, 1.807) is 17.8 Å². The van der Waals surface area contributed by atoms with Crippen molar-refractivity contribution in [3.63, 3.8) is 0 Å². The smallest absolute Gasteiger partial charge is 0.287 e. The van der Waals surface area contributed by atoms with E-state index in [0.29, 0.717) is 25.4 Å². The lowest BCUT2D eigenvalue weighted by atomic mass is 10.1. The van der Waals surface area contributed by atoms with Gasteiger partial charge in [-0.25, -0.2) is 4.99 Å². The van der Waals surface area contributed by atoms with E-state index in [1.807, 2.05) is 13.8 Å². The Labute approximate surface area is 171 Å². The summed E-state index contributed by atoms with van der Waals surface area (Å²) in [6.45, 7) is 8.71. The largest absolute Gasteiger partial charge is 0.459 e. The van der Waals surface area contributed by atoms with Gasteiger partial charge >= 0.3 is 0 Å². The number of hydrogen-bond donors (Lipinski definition) is 3. The van der Waals surface area contributed by atoms with Crippen LogP contribution in [0.5, 0.6) is 0 Å². The van der Waals surface area contributed by atoms with Crippen molar-refractivity contribution in [3.8, 4) is 0 Å². The number of hydrogen-bond acceptors (Lipinski definition) is 4. The average Bonchev–Trinajstić information content (AvgIpc) is 3.12. The highest BCUT2D eigenvalue weighted by Gasteiger charge is 2.11. The Hall–Kier alpha value is -2.41. The number of aliphatic imine (C=N–C) groups is 1. The normalized spacial score (nSPS) is 11.4. The highest BCUT2D eigenvalue weighted by Crippen LogP contribution is 2.22. The second-order valence-electron chi connectivity index (χ2n) is 6.48. The van der Waals surface area contributed by atoms with Crippen molar-refractivity contribution in [2.45, 2.75) is 38.6 Å². The maximum Gasteiger partial charge on any atom is 0.287 e. The average molecular weight is 403 g/mol. The molecule has 1 heterocycles. The Morgan fingerprint density at radius 3 is 2.61 bits per heavy atom. The van der Waals surface area contributed by atoms with Gasteiger partial charge in [-0.1, -0.05) is 12.1 Å². The van der Waals surface area contributed by atoms with Crippen LogP contribution in [0.25, 0.3) is 0 Å². The molecule has 6 nitrogen and oxygen atoms in total. The zero-order valence-corrected chi connectivity index (χ0v) is 17.9. The number of amides is 1. The van der Waals surface area contributed by atoms with Crippen LogP contribution < -0.4 is 16.0 Å². The van der Waals surface area contributed by atoms with Crippen LogP contribution in [-0.4, -0.2) is 37.8 Å². The SMILES string of the molecule is CCNC(=NCc1ccc(C)cc1SC)NCCCNC(=O)c1occc1C. The van der Waals surface area contributed by atoms with Gasteiger partial charge in [0.2, 0.25) is 0 Å². The molecule has 0 unspecified atom stereocenters. The first-order valence-electron chi connectivity index (χ1n) is 9.53. The number of rotatable bonds is 9. The van der Waals surface area contributed by atoms with Gasteiger partial charge in [-0.2, -0.15) is 0 Å². The minimum atomic E-state index is -0.174. The van der Waals surface area contributed by atoms with E-state index in [1.165, 1.54) is 22.3 Å². The van der Waals surface area contributed by atoms with Crippen molar-refractivity contribution >= 4 is 23.6 Å². The highest BCUT2D eigenvalue weighted by atomic mass is 32.2. The number of guanidine groups is 1. The van der Waals surface area contributed by atoms with Crippen molar-refractivity contribution in [2.75, 3.05) is 25.9 Å². The molecule has 0 saturated heterocycles. The summed E-state index contributed by atoms with van der Waals surface area (Å²) in [5, 5.41) is 9.45. The van der Waals surface area contributed by atoms with Crippen LogP contribution in [0.15, 0.2) is 44.8 Å². The minimum absolute atomic E-state index is 0.174. The monoisotopic (exact) mass is 402 g/mol. The maximum atomic E-state index is 12.0. The number of carbonyl (C=O) groups excluding carboxylic acids is 1. The molecule has 0 fully saturated rings. The van der Waals surface area contributed by atoms with E-state index in [4.69, 9.17) is 4.42 Å². The molecule has 0 aliphatic rings. The van der Waals surface area contributed by atoms with Crippen molar-refractivity contribution in [1.82, 2.24) is 16.0 Å². The van der Waals surface area contributed by atoms with Gasteiger partial charge in [-0.3, -0.25) is 4.79 Å². The van der Waals surface area contributed by atoms with Crippen LogP contribution in [-0.2, 0) is 6.54 Å². The van der Waals surface area contributed by atoms with Gasteiger partial charge in [0.25, 0.3) is 5.91 Å². The van der Waals surface area contributed by atoms with Gasteiger partial charge in [0.1, 0.15) is 0 Å². The summed E-state index contributed by atoms with van der Waals surface area (Å²) in [4.78, 5) is 18.0. The van der Waals surface area contributed by atoms with E-state index in [0.717, 1.165) is 24.5 Å². The second-order valence-corrected chi connectivity index (χ2v) is 7.33. The van der Waals surface area contributed by atoms with E-state index in [2.05, 4.69) is 52.3 Å². The molecule has 0 saturated carbocycles. The lowest BCUT2D eigenvalue weighted by Gasteiger charge is -2.12. The highest BCUT2D eigenvalue weighted by molar-refractivity contribution is 7.98. The van der Waals surface area contributed by atoms with Crippen LogP contribution in [0, 0.1) is 13.8 Å². The Kier molecular flexibility index (Phi) is 8.94. The molecule has 152 valence electrons. The van der Waals surface area contributed by atoms with Crippen LogP contribution in [0.3, 0.4) is 0 Å². The van der Waals surface area contributed by atoms with Gasteiger partial charge in [-0.15, -0.1) is 11.8 Å². The fraction of sp³-hybridized carbons (Fsp3) is 0.429. The summed E-state index contributed by atoms with van der Waals surface area (Å²) >= 11 is 1.74. The number of aryl methyl sites for hydroxylation is 2. The van der Waals surface area contributed by atoms with Crippen LogP contribution in [0.2, 0.25) is 0 Å². The molecule has 0 aliphatic heterocycles. The Morgan fingerprint density at radius 2 is 1.93 bits per heavy atom. The maximum absolute atomic E-state index is 12.0. The Balaban J connectivity index is 1.80. The van der Waals surface area contributed by atoms with Gasteiger partial charge < -0.3 is 20.4 Å². The van der Waals surface area contributed by atoms with Crippen molar-refractivity contribution < 1.29 is 9.21 Å². The molecule has 0 aliphatic carbocycles. The van der Waals surface area contributed by atoms with E-state index < -0.39 is 0 Å². The van der Waals surface area contributed by atoms with Crippen molar-refractivity contribution in [3.05, 3.63) is 53.0 Å². The predicted octanol–water partition coefficient (Wildman–Crippen LogP) is 3.49. The molecule has 3 N–H and O–H groups in total. The fourth-order valence-electron chi connectivity index (χ4n) is 2.67. The summed E-state index contributed by atoms with van der Waals surface area (Å²) in [6, 6.07) is 8.24. The molecule has 0 radical (unpaired) electrons. The zero-order valence-electron chi connectivity index (χ0n) is 17.1. The second kappa shape index (κ2) is 11.4. The van der Waals surface area contributed by atoms with Crippen molar-refractivity contribution in [1.29, 1.82) is 0 Å². The molecule has 0 bridgehead atoms. The quantitative estimate of drug-likeness (QED) is 0.259. The Morgan fingerprint density at radius 1 is 1.14 bits per heavy atom. The van der Waals surface area contributed by atoms with E-state index >= 15 is 0 Å². The van der Waals surface area contributed by atoms with Crippen LogP contribution in [0.4, 0.5) is 0 Å². The molecule has 1 aromatic heterocycles. The molecular weight excluding hydrogens is 372 g/mol. The van der Waals surface area contributed by atoms with Gasteiger partial charge in [0.05, 0.1) is 12.8 Å². The first-order valence-corrected chi connectivity index (χ1v) is 10.8. The summed E-state index contributed by atoms with van der Waals surface area (Å²) in [5.74, 6) is 0.987. The third-order valence-electron chi connectivity index (χ3n) is 4.19. The minimum Gasteiger partial charge on any atom is -0.459 e. The number of furan rings is 1. The summed E-state index contributed by atoms with van der Waals surface area (Å²) in [6.07, 6.45) is 4.40. The van der Waals surface area contributed by atoms with Gasteiger partial charge in [0, 0.05) is 30.1 Å². The number of nitrogens with zero attached hydrogens (tertiary/aromatic N) is 1. The molecule has 7 heteroatoms. The zero-order chi connectivity index (χ0) is 20.4. The number of benzene rings is 1. The van der Waals surface area contributed by atoms with E-state index in [9.17, 15) is 4.79 Å². The number of nitrogens with one attached hydrogen (secondary N) is 3. The van der Waals surface area contributed by atoms with Crippen LogP contribution in [0.1, 0.15) is 40.6 Å². The molecule has 28 heavy (non-hydrogen) atoms. The van der Waals surface area contributed by atoms with Gasteiger partial charge in [-0.05, 0) is 56.7 Å². The molecule has 0 atom stereocenters. The predicted molar refractivity (Wildman–Crippen MR) is 116 cm³/mol. The Bertz CT molecular complexity index is 801. The van der Waals surface area contributed by atoms with Gasteiger partial charge in [0.15, 0.2) is 11.7 Å². The summed E-state index contributed by atoms with van der Waals surface area (Å²) in [5.41, 5.74) is 3.32. The first-order chi connectivity index (χ1) is 13.5. The molecular formula is C21H30N4O2S. The standard InChI is InChI=1S/C21H30N4O2S/c1-5-22-21(25-14-17-8-7-15(2)13-18(17)28-4)24-11-6-10-23-20(26)19-16(3)9-12-27-19/h7-9,12-13H,5-6,10-11,14H2,1-4H3,(H,23,26)(H2,22,24,25). The summed E-state index contributed by atoms with van der Waals surface area (Å²) in [7, 11) is 0. The lowest BCUT2D eigenvalue weighted by Crippen LogP contribution is -2.38. The molecule has 2 rings (SSSR count). The first kappa shape index (κ1) is 21.9.